The van der Waals surface area contributed by atoms with Crippen LogP contribution in [0.15, 0.2) is 63.9 Å². The molecule has 0 saturated carbocycles. The highest BCUT2D eigenvalue weighted by Crippen LogP contribution is 2.18. The number of aromatic nitrogens is 2. The normalized spacial score (nSPS) is 11.2. The second-order valence-electron chi connectivity index (χ2n) is 6.61. The lowest BCUT2D eigenvalue weighted by atomic mass is 10.2. The Hall–Kier alpha value is -3.20. The van der Waals surface area contributed by atoms with Gasteiger partial charge in [0.05, 0.1) is 11.5 Å². The first-order valence-electron chi connectivity index (χ1n) is 9.62. The maximum absolute atomic E-state index is 12.4. The van der Waals surface area contributed by atoms with Crippen molar-refractivity contribution in [2.75, 3.05) is 11.9 Å². The molecule has 1 heterocycles. The minimum atomic E-state index is -3.62. The smallest absolute Gasteiger partial charge is 0.322 e. The molecule has 1 N–H and O–H groups in total. The summed E-state index contributed by atoms with van der Waals surface area (Å²) >= 11 is 0. The number of carbonyl (C=O) groups is 1. The Bertz CT molecular complexity index is 1060. The van der Waals surface area contributed by atoms with Gasteiger partial charge in [0, 0.05) is 5.56 Å². The zero-order valence-corrected chi connectivity index (χ0v) is 17.4. The van der Waals surface area contributed by atoms with Crippen molar-refractivity contribution < 1.29 is 22.4 Å². The average molecular weight is 429 g/mol. The third kappa shape index (κ3) is 5.90. The number of hydrogen-bond acceptors (Lipinski definition) is 7. The van der Waals surface area contributed by atoms with Crippen LogP contribution in [0, 0.1) is 0 Å². The van der Waals surface area contributed by atoms with Crippen LogP contribution in [0.4, 0.5) is 6.01 Å². The number of carbonyl (C=O) groups excluding carboxylic acids is 1. The van der Waals surface area contributed by atoms with Crippen molar-refractivity contribution in [3.05, 3.63) is 66.1 Å². The van der Waals surface area contributed by atoms with E-state index in [1.165, 1.54) is 12.1 Å². The van der Waals surface area contributed by atoms with Gasteiger partial charge < -0.3 is 9.15 Å². The van der Waals surface area contributed by atoms with Crippen molar-refractivity contribution in [3.8, 4) is 5.75 Å². The second kappa shape index (κ2) is 10.0. The van der Waals surface area contributed by atoms with E-state index < -0.39 is 21.5 Å². The van der Waals surface area contributed by atoms with Crippen molar-refractivity contribution >= 4 is 21.8 Å². The number of benzene rings is 2. The summed E-state index contributed by atoms with van der Waals surface area (Å²) in [5.41, 5.74) is 0.382. The van der Waals surface area contributed by atoms with Gasteiger partial charge in [-0.15, -0.1) is 5.10 Å². The Morgan fingerprint density at radius 1 is 1.03 bits per heavy atom. The molecule has 0 bridgehead atoms. The lowest BCUT2D eigenvalue weighted by molar-refractivity contribution is 0.102. The molecule has 8 nitrogen and oxygen atoms in total. The van der Waals surface area contributed by atoms with Crippen LogP contribution >= 0.6 is 0 Å². The first-order chi connectivity index (χ1) is 14.5. The van der Waals surface area contributed by atoms with Crippen LogP contribution < -0.4 is 10.1 Å². The Morgan fingerprint density at radius 2 is 1.77 bits per heavy atom. The van der Waals surface area contributed by atoms with Crippen LogP contribution in [0.3, 0.4) is 0 Å². The molecule has 2 aromatic carbocycles. The molecule has 0 aliphatic carbocycles. The van der Waals surface area contributed by atoms with Gasteiger partial charge in [-0.25, -0.2) is 8.42 Å². The zero-order chi connectivity index (χ0) is 21.4. The van der Waals surface area contributed by atoms with E-state index in [0.29, 0.717) is 17.9 Å². The summed E-state index contributed by atoms with van der Waals surface area (Å²) in [6.07, 6.45) is 3.22. The van der Waals surface area contributed by atoms with E-state index in [-0.39, 0.29) is 16.8 Å². The van der Waals surface area contributed by atoms with Gasteiger partial charge in [-0.1, -0.05) is 43.1 Å². The maximum Gasteiger partial charge on any atom is 0.322 e. The van der Waals surface area contributed by atoms with E-state index in [2.05, 4.69) is 22.4 Å². The van der Waals surface area contributed by atoms with E-state index in [1.54, 1.807) is 42.5 Å². The number of unbranched alkanes of at least 4 members (excludes halogenated alkanes) is 2. The third-order valence-electron chi connectivity index (χ3n) is 4.24. The van der Waals surface area contributed by atoms with Crippen LogP contribution in [0.25, 0.3) is 0 Å². The fourth-order valence-corrected chi connectivity index (χ4v) is 3.83. The molecule has 0 radical (unpaired) electrons. The molecule has 30 heavy (non-hydrogen) atoms. The van der Waals surface area contributed by atoms with E-state index in [1.807, 2.05) is 0 Å². The quantitative estimate of drug-likeness (QED) is 0.487. The summed E-state index contributed by atoms with van der Waals surface area (Å²) in [5.74, 6) is -0.322. The van der Waals surface area contributed by atoms with Crippen LogP contribution in [0.2, 0.25) is 0 Å². The minimum absolute atomic E-state index is 0.106. The van der Waals surface area contributed by atoms with Gasteiger partial charge in [0.25, 0.3) is 5.91 Å². The summed E-state index contributed by atoms with van der Waals surface area (Å²) in [6.45, 7) is 2.76. The third-order valence-corrected chi connectivity index (χ3v) is 5.85. The van der Waals surface area contributed by atoms with E-state index in [0.717, 1.165) is 19.3 Å². The highest BCUT2D eigenvalue weighted by Gasteiger charge is 2.20. The lowest BCUT2D eigenvalue weighted by Gasteiger charge is -2.06. The van der Waals surface area contributed by atoms with Crippen molar-refractivity contribution in [2.45, 2.75) is 36.8 Å². The fraction of sp³-hybridized carbons (Fsp3) is 0.286. The molecule has 3 aromatic rings. The van der Waals surface area contributed by atoms with Gasteiger partial charge in [0.1, 0.15) is 11.5 Å². The predicted octanol–water partition coefficient (Wildman–Crippen LogP) is 3.86. The first-order valence-corrected chi connectivity index (χ1v) is 11.3. The molecular weight excluding hydrogens is 406 g/mol. The number of nitrogens with zero attached hydrogens (tertiary/aromatic N) is 2. The molecule has 0 aliphatic rings. The van der Waals surface area contributed by atoms with Crippen molar-refractivity contribution in [3.63, 3.8) is 0 Å². The first kappa shape index (κ1) is 21.5. The Kier molecular flexibility index (Phi) is 7.18. The molecular formula is C21H23N3O5S. The summed E-state index contributed by atoms with van der Waals surface area (Å²) < 4.78 is 35.6. The molecule has 1 aromatic heterocycles. The van der Waals surface area contributed by atoms with Gasteiger partial charge in [-0.2, -0.15) is 0 Å². The molecule has 0 atom stereocenters. The predicted molar refractivity (Wildman–Crippen MR) is 111 cm³/mol. The zero-order valence-electron chi connectivity index (χ0n) is 16.6. The molecule has 9 heteroatoms. The van der Waals surface area contributed by atoms with E-state index in [4.69, 9.17) is 9.15 Å². The molecule has 0 fully saturated rings. The summed E-state index contributed by atoms with van der Waals surface area (Å²) in [6, 6.07) is 14.5. The monoisotopic (exact) mass is 429 g/mol. The molecule has 1 amide bonds. The second-order valence-corrected chi connectivity index (χ2v) is 8.60. The molecule has 0 saturated heterocycles. The van der Waals surface area contributed by atoms with Gasteiger partial charge in [-0.3, -0.25) is 10.1 Å². The number of hydrogen-bond donors (Lipinski definition) is 1. The number of amides is 1. The lowest BCUT2D eigenvalue weighted by Crippen LogP contribution is -2.12. The minimum Gasteiger partial charge on any atom is -0.494 e. The van der Waals surface area contributed by atoms with Crippen LogP contribution in [0.1, 0.15) is 42.4 Å². The largest absolute Gasteiger partial charge is 0.494 e. The molecule has 0 aliphatic heterocycles. The van der Waals surface area contributed by atoms with Gasteiger partial charge in [-0.05, 0) is 42.8 Å². The van der Waals surface area contributed by atoms with Crippen LogP contribution in [-0.4, -0.2) is 31.1 Å². The number of nitrogens with one attached hydrogen (secondary N) is 1. The van der Waals surface area contributed by atoms with E-state index >= 15 is 0 Å². The number of anilines is 1. The average Bonchev–Trinajstić information content (AvgIpc) is 3.18. The molecule has 0 unspecified atom stereocenters. The van der Waals surface area contributed by atoms with Gasteiger partial charge >= 0.3 is 6.01 Å². The topological polar surface area (TPSA) is 111 Å². The van der Waals surface area contributed by atoms with Crippen LogP contribution in [0.5, 0.6) is 5.75 Å². The Balaban J connectivity index is 1.57. The number of sulfone groups is 1. The SMILES string of the molecule is CCCCCOc1ccc(C(=O)Nc2nnc(CS(=O)(=O)c3ccccc3)o2)cc1. The Labute approximate surface area is 175 Å². The Morgan fingerprint density at radius 3 is 2.47 bits per heavy atom. The maximum atomic E-state index is 12.4. The highest BCUT2D eigenvalue weighted by molar-refractivity contribution is 7.90. The van der Waals surface area contributed by atoms with Crippen molar-refractivity contribution in [2.24, 2.45) is 0 Å². The standard InChI is InChI=1S/C21H23N3O5S/c1-2-3-7-14-28-17-12-10-16(11-13-17)20(25)22-21-24-23-19(29-21)15-30(26,27)18-8-5-4-6-9-18/h4-6,8-13H,2-3,7,14-15H2,1H3,(H,22,24,25). The molecule has 3 rings (SSSR count). The number of ether oxygens (including phenoxy) is 1. The fourth-order valence-electron chi connectivity index (χ4n) is 2.65. The van der Waals surface area contributed by atoms with Gasteiger partial charge in [0.2, 0.25) is 5.89 Å². The van der Waals surface area contributed by atoms with E-state index in [9.17, 15) is 13.2 Å². The molecule has 158 valence electrons. The van der Waals surface area contributed by atoms with Crippen LogP contribution in [-0.2, 0) is 15.6 Å². The van der Waals surface area contributed by atoms with Crippen molar-refractivity contribution in [1.82, 2.24) is 10.2 Å². The summed E-state index contributed by atoms with van der Waals surface area (Å²) in [7, 11) is -3.62. The summed E-state index contributed by atoms with van der Waals surface area (Å²) in [4.78, 5) is 12.5. The van der Waals surface area contributed by atoms with Gasteiger partial charge in [0.15, 0.2) is 9.84 Å². The van der Waals surface area contributed by atoms with Crippen molar-refractivity contribution in [1.29, 1.82) is 0 Å². The number of rotatable bonds is 10. The highest BCUT2D eigenvalue weighted by atomic mass is 32.2. The molecule has 0 spiro atoms. The summed E-state index contributed by atoms with van der Waals surface area (Å²) in [5, 5.41) is 9.87.